The van der Waals surface area contributed by atoms with Crippen LogP contribution in [0.4, 0.5) is 5.69 Å². The minimum Gasteiger partial charge on any atom is -0.497 e. The summed E-state index contributed by atoms with van der Waals surface area (Å²) >= 11 is 1.39. The van der Waals surface area contributed by atoms with E-state index in [9.17, 15) is 13.2 Å². The van der Waals surface area contributed by atoms with E-state index in [1.165, 1.54) is 11.8 Å². The molecule has 2 atom stereocenters. The topological polar surface area (TPSA) is 76.0 Å². The lowest BCUT2D eigenvalue weighted by Gasteiger charge is -2.24. The van der Waals surface area contributed by atoms with Gasteiger partial charge in [0.2, 0.25) is 5.91 Å². The molecule has 0 saturated carbocycles. The molecule has 29 heavy (non-hydrogen) atoms. The van der Waals surface area contributed by atoms with Crippen LogP contribution < -0.4 is 9.64 Å². The van der Waals surface area contributed by atoms with Crippen molar-refractivity contribution >= 4 is 38.4 Å². The molecule has 0 aromatic heterocycles. The molecule has 0 radical (unpaired) electrons. The molecule has 0 aliphatic carbocycles. The second-order valence-electron chi connectivity index (χ2n) is 7.14. The molecule has 2 aromatic rings. The minimum atomic E-state index is -3.08. The summed E-state index contributed by atoms with van der Waals surface area (Å²) in [4.78, 5) is 18.8. The number of ether oxygens (including phenoxy) is 1. The van der Waals surface area contributed by atoms with Crippen molar-refractivity contribution in [1.82, 2.24) is 0 Å². The number of hydrogen-bond donors (Lipinski definition) is 0. The van der Waals surface area contributed by atoms with Gasteiger partial charge in [0, 0.05) is 17.4 Å². The van der Waals surface area contributed by atoms with Gasteiger partial charge in [0.15, 0.2) is 15.0 Å². The number of nitrogens with zero attached hydrogens (tertiary/aromatic N) is 2. The maximum Gasteiger partial charge on any atom is 0.248 e. The number of anilines is 1. The fourth-order valence-electron chi connectivity index (χ4n) is 3.67. The van der Waals surface area contributed by atoms with Crippen LogP contribution >= 0.6 is 11.8 Å². The molecule has 2 aliphatic heterocycles. The molecule has 2 saturated heterocycles. The van der Waals surface area contributed by atoms with Crippen molar-refractivity contribution in [3.8, 4) is 5.75 Å². The standard InChI is InChI=1S/C21H22N2O4S2/c1-27-17-10-8-16(9-11-17)23-18-13-29(25,26)14-19(18)28-21(23)22-20(24)12-7-15-5-3-2-4-6-15/h2-6,8-11,18-19H,7,12-14H2,1H3/t18-,19-/m0/s1. The first-order valence-electron chi connectivity index (χ1n) is 9.41. The van der Waals surface area contributed by atoms with Crippen molar-refractivity contribution in [3.05, 3.63) is 60.2 Å². The molecule has 0 unspecified atom stereocenters. The first-order chi connectivity index (χ1) is 13.9. The van der Waals surface area contributed by atoms with E-state index in [1.54, 1.807) is 7.11 Å². The number of carbonyl (C=O) groups is 1. The highest BCUT2D eigenvalue weighted by atomic mass is 32.2. The van der Waals surface area contributed by atoms with Crippen LogP contribution in [0.1, 0.15) is 12.0 Å². The van der Waals surface area contributed by atoms with Crippen LogP contribution in [-0.4, -0.2) is 49.4 Å². The second kappa shape index (κ2) is 8.20. The zero-order chi connectivity index (χ0) is 20.4. The molecule has 2 fully saturated rings. The molecule has 2 aromatic carbocycles. The third-order valence-corrected chi connectivity index (χ3v) is 8.32. The van der Waals surface area contributed by atoms with Crippen molar-refractivity contribution in [2.45, 2.75) is 24.1 Å². The average Bonchev–Trinajstić information content (AvgIpc) is 3.18. The largest absolute Gasteiger partial charge is 0.497 e. The number of sulfone groups is 1. The summed E-state index contributed by atoms with van der Waals surface area (Å²) in [5.74, 6) is 0.714. The quantitative estimate of drug-likeness (QED) is 0.726. The first-order valence-corrected chi connectivity index (χ1v) is 12.1. The maximum absolute atomic E-state index is 12.5. The number of aliphatic imine (C=N–C) groups is 1. The molecule has 0 bridgehead atoms. The molecule has 152 valence electrons. The third-order valence-electron chi connectivity index (χ3n) is 5.11. The Balaban J connectivity index is 1.57. The summed E-state index contributed by atoms with van der Waals surface area (Å²) in [5.41, 5.74) is 1.91. The lowest BCUT2D eigenvalue weighted by atomic mass is 10.1. The fraction of sp³-hybridized carbons (Fsp3) is 0.333. The van der Waals surface area contributed by atoms with Gasteiger partial charge in [-0.05, 0) is 36.2 Å². The van der Waals surface area contributed by atoms with Crippen LogP contribution in [-0.2, 0) is 21.1 Å². The summed E-state index contributed by atoms with van der Waals surface area (Å²) in [7, 11) is -1.49. The Bertz CT molecular complexity index is 1020. The van der Waals surface area contributed by atoms with Gasteiger partial charge in [0.05, 0.1) is 24.7 Å². The van der Waals surface area contributed by atoms with Gasteiger partial charge in [0.25, 0.3) is 0 Å². The Labute approximate surface area is 174 Å². The van der Waals surface area contributed by atoms with Crippen LogP contribution in [0.3, 0.4) is 0 Å². The van der Waals surface area contributed by atoms with E-state index in [2.05, 4.69) is 4.99 Å². The molecule has 4 rings (SSSR count). The van der Waals surface area contributed by atoms with E-state index in [4.69, 9.17) is 4.74 Å². The zero-order valence-corrected chi connectivity index (χ0v) is 17.7. The Morgan fingerprint density at radius 3 is 2.55 bits per heavy atom. The zero-order valence-electron chi connectivity index (χ0n) is 16.0. The van der Waals surface area contributed by atoms with Gasteiger partial charge in [-0.25, -0.2) is 8.42 Å². The molecule has 0 N–H and O–H groups in total. The monoisotopic (exact) mass is 430 g/mol. The van der Waals surface area contributed by atoms with Gasteiger partial charge in [-0.3, -0.25) is 4.79 Å². The fourth-order valence-corrected chi connectivity index (χ4v) is 7.60. The second-order valence-corrected chi connectivity index (χ2v) is 10.5. The van der Waals surface area contributed by atoms with Crippen molar-refractivity contribution < 1.29 is 17.9 Å². The van der Waals surface area contributed by atoms with E-state index in [0.29, 0.717) is 23.8 Å². The summed E-state index contributed by atoms with van der Waals surface area (Å²) in [6.07, 6.45) is 0.947. The average molecular weight is 431 g/mol. The van der Waals surface area contributed by atoms with Gasteiger partial charge >= 0.3 is 0 Å². The SMILES string of the molecule is COc1ccc(N2C(=NC(=O)CCc3ccccc3)S[C@H]3CS(=O)(=O)C[C@@H]32)cc1. The van der Waals surface area contributed by atoms with E-state index in [1.807, 2.05) is 59.5 Å². The molecule has 1 amide bonds. The van der Waals surface area contributed by atoms with Crippen LogP contribution in [0.15, 0.2) is 59.6 Å². The smallest absolute Gasteiger partial charge is 0.248 e. The summed E-state index contributed by atoms with van der Waals surface area (Å²) < 4.78 is 29.5. The highest BCUT2D eigenvalue weighted by Crippen LogP contribution is 2.41. The van der Waals surface area contributed by atoms with E-state index >= 15 is 0 Å². The Hall–Kier alpha value is -2.32. The Morgan fingerprint density at radius 1 is 1.14 bits per heavy atom. The number of amides is 1. The number of benzene rings is 2. The Kier molecular flexibility index (Phi) is 5.65. The number of methoxy groups -OCH3 is 1. The molecular weight excluding hydrogens is 408 g/mol. The van der Waals surface area contributed by atoms with Crippen LogP contribution in [0.5, 0.6) is 5.75 Å². The molecule has 8 heteroatoms. The minimum absolute atomic E-state index is 0.0773. The van der Waals surface area contributed by atoms with Gasteiger partial charge < -0.3 is 9.64 Å². The van der Waals surface area contributed by atoms with E-state index in [0.717, 1.165) is 11.3 Å². The van der Waals surface area contributed by atoms with E-state index in [-0.39, 0.29) is 28.7 Å². The van der Waals surface area contributed by atoms with Crippen LogP contribution in [0.25, 0.3) is 0 Å². The molecule has 0 spiro atoms. The summed E-state index contributed by atoms with van der Waals surface area (Å²) in [6, 6.07) is 17.0. The maximum atomic E-state index is 12.5. The molecule has 2 aliphatic rings. The van der Waals surface area contributed by atoms with Gasteiger partial charge in [-0.1, -0.05) is 42.1 Å². The predicted molar refractivity (Wildman–Crippen MR) is 116 cm³/mol. The normalized spacial score (nSPS) is 23.9. The van der Waals surface area contributed by atoms with Crippen molar-refractivity contribution in [3.63, 3.8) is 0 Å². The van der Waals surface area contributed by atoms with Crippen LogP contribution in [0.2, 0.25) is 0 Å². The van der Waals surface area contributed by atoms with Crippen molar-refractivity contribution in [2.24, 2.45) is 4.99 Å². The lowest BCUT2D eigenvalue weighted by Crippen LogP contribution is -2.37. The predicted octanol–water partition coefficient (Wildman–Crippen LogP) is 2.93. The first kappa shape index (κ1) is 20.0. The molecule has 6 nitrogen and oxygen atoms in total. The summed E-state index contributed by atoms with van der Waals surface area (Å²) in [6.45, 7) is 0. The lowest BCUT2D eigenvalue weighted by molar-refractivity contribution is -0.117. The molecular formula is C21H22N2O4S2. The van der Waals surface area contributed by atoms with Gasteiger partial charge in [0.1, 0.15) is 5.75 Å². The van der Waals surface area contributed by atoms with Gasteiger partial charge in [-0.2, -0.15) is 4.99 Å². The number of rotatable bonds is 5. The number of hydrogen-bond acceptors (Lipinski definition) is 5. The number of amidine groups is 1. The van der Waals surface area contributed by atoms with E-state index < -0.39 is 9.84 Å². The van der Waals surface area contributed by atoms with Crippen LogP contribution in [0, 0.1) is 0 Å². The highest BCUT2D eigenvalue weighted by molar-refractivity contribution is 8.16. The number of fused-ring (bicyclic) bond motifs is 1. The molecule has 2 heterocycles. The number of aryl methyl sites for hydroxylation is 1. The van der Waals surface area contributed by atoms with Gasteiger partial charge in [-0.15, -0.1) is 0 Å². The number of carbonyl (C=O) groups excluding carboxylic acids is 1. The summed E-state index contributed by atoms with van der Waals surface area (Å²) in [5, 5.41) is 0.473. The van der Waals surface area contributed by atoms with Crippen molar-refractivity contribution in [1.29, 1.82) is 0 Å². The number of thioether (sulfide) groups is 1. The third kappa shape index (κ3) is 4.48. The highest BCUT2D eigenvalue weighted by Gasteiger charge is 2.49. The Morgan fingerprint density at radius 2 is 1.86 bits per heavy atom. The van der Waals surface area contributed by atoms with Crippen molar-refractivity contribution in [2.75, 3.05) is 23.5 Å².